The predicted molar refractivity (Wildman–Crippen MR) is 65.2 cm³/mol. The monoisotopic (exact) mass is 235 g/mol. The first-order chi connectivity index (χ1) is 7.88. The normalized spacial score (nSPS) is 24.1. The van der Waals surface area contributed by atoms with Crippen molar-refractivity contribution in [1.82, 2.24) is 0 Å². The van der Waals surface area contributed by atoms with E-state index in [1.165, 1.54) is 24.0 Å². The molecule has 1 heterocycles. The highest BCUT2D eigenvalue weighted by atomic mass is 35.5. The fourth-order valence-corrected chi connectivity index (χ4v) is 2.35. The van der Waals surface area contributed by atoms with Crippen LogP contribution >= 0.6 is 11.6 Å². The van der Waals surface area contributed by atoms with Crippen LogP contribution in [0.4, 0.5) is 0 Å². The van der Waals surface area contributed by atoms with Crippen molar-refractivity contribution < 1.29 is 4.84 Å². The predicted octanol–water partition coefficient (Wildman–Crippen LogP) is 3.30. The lowest BCUT2D eigenvalue weighted by Crippen LogP contribution is -2.10. The molecule has 0 aromatic heterocycles. The van der Waals surface area contributed by atoms with E-state index in [1.807, 2.05) is 0 Å². The third-order valence-electron chi connectivity index (χ3n) is 3.19. The Morgan fingerprint density at radius 3 is 2.81 bits per heavy atom. The molecular weight excluding hydrogens is 222 g/mol. The van der Waals surface area contributed by atoms with E-state index in [1.54, 1.807) is 0 Å². The van der Waals surface area contributed by atoms with E-state index >= 15 is 0 Å². The van der Waals surface area contributed by atoms with Crippen LogP contribution in [0.2, 0.25) is 0 Å². The Hall–Kier alpha value is -1.02. The molecule has 16 heavy (non-hydrogen) atoms. The largest absolute Gasteiger partial charge is 0.391 e. The molecule has 3 heteroatoms. The van der Waals surface area contributed by atoms with E-state index in [4.69, 9.17) is 16.4 Å². The summed E-state index contributed by atoms with van der Waals surface area (Å²) in [5.41, 5.74) is 3.76. The smallest absolute Gasteiger partial charge is 0.146 e. The minimum Gasteiger partial charge on any atom is -0.391 e. The molecule has 0 saturated heterocycles. The molecular formula is C13H14ClNO. The zero-order valence-corrected chi connectivity index (χ0v) is 9.78. The highest BCUT2D eigenvalue weighted by Crippen LogP contribution is 2.42. The van der Waals surface area contributed by atoms with Gasteiger partial charge in [0.2, 0.25) is 0 Å². The SMILES string of the molecule is ClCC1CC(c2ccccc2C2CC2)=NO1. The summed E-state index contributed by atoms with van der Waals surface area (Å²) < 4.78 is 0. The minimum absolute atomic E-state index is 0.0592. The fourth-order valence-electron chi connectivity index (χ4n) is 2.18. The summed E-state index contributed by atoms with van der Waals surface area (Å²) in [7, 11) is 0. The van der Waals surface area contributed by atoms with E-state index in [-0.39, 0.29) is 6.10 Å². The van der Waals surface area contributed by atoms with Crippen molar-refractivity contribution in [1.29, 1.82) is 0 Å². The van der Waals surface area contributed by atoms with Gasteiger partial charge in [0.15, 0.2) is 0 Å². The third kappa shape index (κ3) is 1.82. The average molecular weight is 236 g/mol. The Morgan fingerprint density at radius 1 is 1.31 bits per heavy atom. The lowest BCUT2D eigenvalue weighted by atomic mass is 9.97. The summed E-state index contributed by atoms with van der Waals surface area (Å²) >= 11 is 5.78. The summed E-state index contributed by atoms with van der Waals surface area (Å²) in [5.74, 6) is 1.26. The third-order valence-corrected chi connectivity index (χ3v) is 3.54. The van der Waals surface area contributed by atoms with Crippen LogP contribution in [0.1, 0.15) is 36.3 Å². The topological polar surface area (TPSA) is 21.6 Å². The Balaban J connectivity index is 1.89. The van der Waals surface area contributed by atoms with Gasteiger partial charge < -0.3 is 4.84 Å². The Bertz CT molecular complexity index is 426. The molecule has 0 radical (unpaired) electrons. The van der Waals surface area contributed by atoms with Gasteiger partial charge in [0, 0.05) is 12.0 Å². The minimum atomic E-state index is 0.0592. The average Bonchev–Trinajstić information content (AvgIpc) is 3.07. The van der Waals surface area contributed by atoms with Crippen LogP contribution in [0.25, 0.3) is 0 Å². The molecule has 0 bridgehead atoms. The maximum atomic E-state index is 5.78. The molecule has 0 N–H and O–H groups in total. The van der Waals surface area contributed by atoms with Gasteiger partial charge in [0.1, 0.15) is 6.10 Å². The summed E-state index contributed by atoms with van der Waals surface area (Å²) in [6.07, 6.45) is 3.52. The second kappa shape index (κ2) is 4.10. The molecule has 1 aromatic carbocycles. The van der Waals surface area contributed by atoms with Gasteiger partial charge in [-0.1, -0.05) is 29.4 Å². The van der Waals surface area contributed by atoms with E-state index < -0.39 is 0 Å². The first-order valence-electron chi connectivity index (χ1n) is 5.76. The molecule has 3 rings (SSSR count). The van der Waals surface area contributed by atoms with Gasteiger partial charge in [-0.25, -0.2) is 0 Å². The van der Waals surface area contributed by atoms with Crippen LogP contribution < -0.4 is 0 Å². The molecule has 1 aliphatic carbocycles. The van der Waals surface area contributed by atoms with Gasteiger partial charge in [0.25, 0.3) is 0 Å². The van der Waals surface area contributed by atoms with E-state index in [0.717, 1.165) is 18.1 Å². The molecule has 84 valence electrons. The van der Waals surface area contributed by atoms with E-state index in [0.29, 0.717) is 5.88 Å². The quantitative estimate of drug-likeness (QED) is 0.737. The molecule has 0 amide bonds. The number of hydrogen-bond donors (Lipinski definition) is 0. The second-order valence-electron chi connectivity index (χ2n) is 4.49. The molecule has 2 nitrogen and oxygen atoms in total. The van der Waals surface area contributed by atoms with Crippen molar-refractivity contribution in [3.8, 4) is 0 Å². The van der Waals surface area contributed by atoms with Crippen LogP contribution in [0, 0.1) is 0 Å². The van der Waals surface area contributed by atoms with Crippen LogP contribution in [-0.2, 0) is 4.84 Å². The van der Waals surface area contributed by atoms with Crippen molar-refractivity contribution >= 4 is 17.3 Å². The van der Waals surface area contributed by atoms with Gasteiger partial charge in [-0.15, -0.1) is 11.6 Å². The first-order valence-corrected chi connectivity index (χ1v) is 6.30. The molecule has 1 aromatic rings. The summed E-state index contributed by atoms with van der Waals surface area (Å²) in [4.78, 5) is 5.28. The molecule has 1 saturated carbocycles. The summed E-state index contributed by atoms with van der Waals surface area (Å²) in [5, 5.41) is 4.16. The summed E-state index contributed by atoms with van der Waals surface area (Å²) in [6, 6.07) is 8.53. The molecule has 2 aliphatic rings. The Labute approximate surface area is 100 Å². The number of nitrogens with zero attached hydrogens (tertiary/aromatic N) is 1. The van der Waals surface area contributed by atoms with Gasteiger partial charge in [0.05, 0.1) is 11.6 Å². The van der Waals surface area contributed by atoms with Gasteiger partial charge in [-0.2, -0.15) is 0 Å². The number of hydrogen-bond acceptors (Lipinski definition) is 2. The highest BCUT2D eigenvalue weighted by Gasteiger charge is 2.29. The first kappa shape index (κ1) is 10.2. The van der Waals surface area contributed by atoms with Crippen LogP contribution in [-0.4, -0.2) is 17.7 Å². The molecule has 1 unspecified atom stereocenters. The Kier molecular flexibility index (Phi) is 2.60. The van der Waals surface area contributed by atoms with Crippen molar-refractivity contribution in [2.75, 3.05) is 5.88 Å². The molecule has 1 fully saturated rings. The highest BCUT2D eigenvalue weighted by molar-refractivity contribution is 6.18. The van der Waals surface area contributed by atoms with Gasteiger partial charge in [-0.05, 0) is 24.3 Å². The number of benzene rings is 1. The fraction of sp³-hybridized carbons (Fsp3) is 0.462. The lowest BCUT2D eigenvalue weighted by Gasteiger charge is -2.07. The summed E-state index contributed by atoms with van der Waals surface area (Å²) in [6.45, 7) is 0. The zero-order chi connectivity index (χ0) is 11.0. The van der Waals surface area contributed by atoms with Gasteiger partial charge >= 0.3 is 0 Å². The molecule has 1 atom stereocenters. The number of halogens is 1. The standard InChI is InChI=1S/C13H14ClNO/c14-8-10-7-13(15-16-10)12-4-2-1-3-11(12)9-5-6-9/h1-4,9-10H,5-8H2. The second-order valence-corrected chi connectivity index (χ2v) is 4.79. The molecule has 0 spiro atoms. The lowest BCUT2D eigenvalue weighted by molar-refractivity contribution is 0.102. The number of oxime groups is 1. The van der Waals surface area contributed by atoms with Gasteiger partial charge in [-0.3, -0.25) is 0 Å². The van der Waals surface area contributed by atoms with Crippen LogP contribution in [0.3, 0.4) is 0 Å². The van der Waals surface area contributed by atoms with Crippen LogP contribution in [0.15, 0.2) is 29.4 Å². The maximum absolute atomic E-state index is 5.78. The number of rotatable bonds is 3. The van der Waals surface area contributed by atoms with Crippen molar-refractivity contribution in [2.45, 2.75) is 31.3 Å². The number of alkyl halides is 1. The van der Waals surface area contributed by atoms with Crippen molar-refractivity contribution in [2.24, 2.45) is 5.16 Å². The van der Waals surface area contributed by atoms with Crippen molar-refractivity contribution in [3.05, 3.63) is 35.4 Å². The van der Waals surface area contributed by atoms with Crippen LogP contribution in [0.5, 0.6) is 0 Å². The van der Waals surface area contributed by atoms with Crippen molar-refractivity contribution in [3.63, 3.8) is 0 Å². The Morgan fingerprint density at radius 2 is 2.12 bits per heavy atom. The molecule has 1 aliphatic heterocycles. The zero-order valence-electron chi connectivity index (χ0n) is 9.03. The van der Waals surface area contributed by atoms with E-state index in [9.17, 15) is 0 Å². The van der Waals surface area contributed by atoms with E-state index in [2.05, 4.69) is 29.4 Å². The maximum Gasteiger partial charge on any atom is 0.146 e.